The molecular weight excluding hydrogens is 872 g/mol. The summed E-state index contributed by atoms with van der Waals surface area (Å²) >= 11 is 67.3. The van der Waals surface area contributed by atoms with Crippen LogP contribution in [-0.2, 0) is 8.53 Å². The van der Waals surface area contributed by atoms with Gasteiger partial charge in [0.05, 0.1) is 59.7 Å². The van der Waals surface area contributed by atoms with Gasteiger partial charge in [0.2, 0.25) is 15.5 Å². The second-order valence-corrected chi connectivity index (χ2v) is 15.4. The first-order valence-corrected chi connectivity index (χ1v) is 16.3. The van der Waals surface area contributed by atoms with Crippen molar-refractivity contribution in [2.24, 2.45) is 0 Å². The van der Waals surface area contributed by atoms with Crippen LogP contribution in [0.3, 0.4) is 0 Å². The minimum atomic E-state index is -1.71. The number of alkyl halides is 6. The molecule has 0 aliphatic heterocycles. The predicted molar refractivity (Wildman–Crippen MR) is 203 cm³/mol. The number of H-pyrrole nitrogens is 2. The average Bonchev–Trinajstić information content (AvgIpc) is 3.66. The summed E-state index contributed by atoms with van der Waals surface area (Å²) in [4.78, 5) is 23.9. The van der Waals surface area contributed by atoms with Gasteiger partial charge in [0.25, 0.3) is 3.79 Å². The number of nitrogen functional groups attached to an aromatic ring is 2. The number of rotatable bonds is 1. The number of hydrogen-bond acceptors (Lipinski definition) is 7. The molecule has 2 aromatic heterocycles. The van der Waals surface area contributed by atoms with Crippen LogP contribution in [0.2, 0.25) is 30.1 Å². The Hall–Kier alpha value is -1.38. The highest BCUT2D eigenvalue weighted by Crippen LogP contribution is 2.39. The standard InChI is InChI=1S/C8H3Cl5N2.C8H4Cl2N2O2.C6H6Cl2N2.C3H4Cl3NO.2H2/c9-3-1-2-4(10)6-5(3)14-7(15-6)8(11,12)13;9-3-1-2-4(10)6-5(3)11-7(12-6)8(13)14;7-3-1-2-4(8)6(10)5(3)9;1-8-2(7)3(4,5)6;;/h1-2H,(H,14,15);1-2H,(H,11,12)(H,13,14);1-2H,9-10H2;7H,1H3;2*1H. The van der Waals surface area contributed by atoms with E-state index in [1.807, 2.05) is 0 Å². The summed E-state index contributed by atoms with van der Waals surface area (Å²) in [5.74, 6) is -1.50. The van der Waals surface area contributed by atoms with Crippen LogP contribution in [-0.4, -0.2) is 47.8 Å². The van der Waals surface area contributed by atoms with Crippen molar-refractivity contribution < 1.29 is 17.5 Å². The molecule has 22 heteroatoms. The van der Waals surface area contributed by atoms with Gasteiger partial charge >= 0.3 is 5.97 Å². The molecule has 0 bridgehead atoms. The third-order valence-corrected chi connectivity index (χ3v) is 8.15. The Labute approximate surface area is 329 Å². The molecule has 0 aliphatic rings. The van der Waals surface area contributed by atoms with E-state index < -0.39 is 13.6 Å². The SMILES string of the molecule is COC(=N)C(Cl)(Cl)Cl.Clc1ccc(Cl)c2[nH]c(C(Cl)(Cl)Cl)nc12.Nc1c(Cl)ccc(Cl)c1N.O=C(O)c1nc2c(Cl)ccc(Cl)c2[nH]1.[HH].[HH]. The number of nitrogens with one attached hydrogen (secondary N) is 3. The number of imidazole rings is 2. The number of hydrogen-bond donors (Lipinski definition) is 6. The topological polar surface area (TPSA) is 180 Å². The van der Waals surface area contributed by atoms with Crippen molar-refractivity contribution in [2.75, 3.05) is 18.6 Å². The molecule has 0 fully saturated rings. The molecule has 2 heterocycles. The zero-order valence-electron chi connectivity index (χ0n) is 22.8. The van der Waals surface area contributed by atoms with Gasteiger partial charge in [-0.1, -0.05) is 139 Å². The number of fused-ring (bicyclic) bond motifs is 2. The number of methoxy groups -OCH3 is 1. The number of ether oxygens (including phenoxy) is 1. The van der Waals surface area contributed by atoms with Crippen LogP contribution in [0.1, 0.15) is 19.3 Å². The van der Waals surface area contributed by atoms with Gasteiger partial charge in [0.15, 0.2) is 5.82 Å². The Morgan fingerprint density at radius 2 is 1.13 bits per heavy atom. The fraction of sp³-hybridized carbons (Fsp3) is 0.120. The van der Waals surface area contributed by atoms with Crippen LogP contribution in [0.25, 0.3) is 22.1 Å². The van der Waals surface area contributed by atoms with Crippen molar-refractivity contribution in [1.29, 1.82) is 5.41 Å². The van der Waals surface area contributed by atoms with Crippen LogP contribution >= 0.6 is 139 Å². The maximum Gasteiger partial charge on any atom is 0.371 e. The van der Waals surface area contributed by atoms with Gasteiger partial charge in [-0.3, -0.25) is 5.41 Å². The van der Waals surface area contributed by atoms with Crippen molar-refractivity contribution in [3.8, 4) is 0 Å². The molecule has 3 aromatic carbocycles. The van der Waals surface area contributed by atoms with Gasteiger partial charge < -0.3 is 31.3 Å². The normalized spacial score (nSPS) is 11.1. The van der Waals surface area contributed by atoms with Crippen LogP contribution < -0.4 is 11.5 Å². The molecule has 47 heavy (non-hydrogen) atoms. The number of aromatic nitrogens is 4. The average molecular weight is 893 g/mol. The number of benzene rings is 3. The van der Waals surface area contributed by atoms with E-state index in [4.69, 9.17) is 161 Å². The monoisotopic (exact) mass is 887 g/mol. The Balaban J connectivity index is 0.000000637. The zero-order chi connectivity index (χ0) is 36.0. The first-order chi connectivity index (χ1) is 21.6. The molecule has 0 saturated heterocycles. The predicted octanol–water partition coefficient (Wildman–Crippen LogP) is 11.9. The number of aromatic amines is 2. The lowest BCUT2D eigenvalue weighted by Gasteiger charge is -2.08. The van der Waals surface area contributed by atoms with Gasteiger partial charge in [0.1, 0.15) is 11.0 Å². The van der Waals surface area contributed by atoms with Crippen molar-refractivity contribution in [1.82, 2.24) is 19.9 Å². The molecule has 10 nitrogen and oxygen atoms in total. The number of nitrogens with two attached hydrogens (primary N) is 2. The first-order valence-electron chi connectivity index (χ1n) is 11.8. The Kier molecular flexibility index (Phi) is 15.6. The van der Waals surface area contributed by atoms with Gasteiger partial charge in [-0.05, 0) is 36.4 Å². The number of carboxylic acids is 1. The summed E-state index contributed by atoms with van der Waals surface area (Å²) in [6, 6.07) is 9.64. The molecule has 0 aliphatic carbocycles. The van der Waals surface area contributed by atoms with Crippen LogP contribution in [0, 0.1) is 5.41 Å². The summed E-state index contributed by atoms with van der Waals surface area (Å²) in [7, 11) is 1.27. The lowest BCUT2D eigenvalue weighted by Crippen LogP contribution is -2.18. The van der Waals surface area contributed by atoms with Gasteiger partial charge in [-0.2, -0.15) is 0 Å². The van der Waals surface area contributed by atoms with Crippen molar-refractivity contribution in [3.05, 3.63) is 78.2 Å². The van der Waals surface area contributed by atoms with E-state index in [0.717, 1.165) is 0 Å². The summed E-state index contributed by atoms with van der Waals surface area (Å²) < 4.78 is 0.969. The van der Waals surface area contributed by atoms with E-state index in [1.54, 1.807) is 36.4 Å². The Morgan fingerprint density at radius 1 is 0.745 bits per heavy atom. The highest BCUT2D eigenvalue weighted by molar-refractivity contribution is 6.76. The molecule has 0 unspecified atom stereocenters. The summed E-state index contributed by atoms with van der Waals surface area (Å²) in [5.41, 5.74) is 13.4. The molecule has 8 N–H and O–H groups in total. The Bertz CT molecular complexity index is 1810. The van der Waals surface area contributed by atoms with Crippen LogP contribution in [0.5, 0.6) is 0 Å². The largest absolute Gasteiger partial charge is 0.481 e. The lowest BCUT2D eigenvalue weighted by molar-refractivity contribution is 0.0685. The summed E-state index contributed by atoms with van der Waals surface area (Å²) in [5, 5.41) is 18.0. The fourth-order valence-corrected chi connectivity index (χ4v) is 4.62. The zero-order valence-corrected chi connectivity index (χ0v) is 31.9. The number of nitrogens with zero attached hydrogens (tertiary/aromatic N) is 2. The lowest BCUT2D eigenvalue weighted by atomic mass is 10.3. The van der Waals surface area contributed by atoms with Gasteiger partial charge in [0, 0.05) is 2.85 Å². The molecule has 0 atom stereocenters. The number of aromatic carboxylic acids is 1. The maximum atomic E-state index is 10.6. The van der Waals surface area contributed by atoms with Crippen molar-refractivity contribution >= 4 is 185 Å². The molecule has 258 valence electrons. The second kappa shape index (κ2) is 17.5. The smallest absolute Gasteiger partial charge is 0.371 e. The highest BCUT2D eigenvalue weighted by Gasteiger charge is 2.28. The third kappa shape index (κ3) is 11.6. The van der Waals surface area contributed by atoms with E-state index in [1.165, 1.54) is 7.11 Å². The third-order valence-electron chi connectivity index (χ3n) is 5.20. The summed E-state index contributed by atoms with van der Waals surface area (Å²) in [6.07, 6.45) is 0. The molecule has 5 rings (SSSR count). The summed E-state index contributed by atoms with van der Waals surface area (Å²) in [6.45, 7) is 0. The molecule has 0 spiro atoms. The number of halogens is 12. The number of anilines is 2. The van der Waals surface area contributed by atoms with E-state index in [0.29, 0.717) is 63.6 Å². The van der Waals surface area contributed by atoms with Crippen LogP contribution in [0.15, 0.2) is 36.4 Å². The van der Waals surface area contributed by atoms with Crippen LogP contribution in [0.4, 0.5) is 11.4 Å². The second-order valence-electron chi connectivity index (χ2n) is 8.37. The number of carboxylic acid groups (broad SMARTS) is 1. The van der Waals surface area contributed by atoms with Crippen molar-refractivity contribution in [2.45, 2.75) is 7.59 Å². The van der Waals surface area contributed by atoms with Gasteiger partial charge in [-0.25, -0.2) is 14.8 Å². The number of carbonyl (C=O) groups is 1. The first kappa shape index (κ1) is 41.8. The highest BCUT2D eigenvalue weighted by atomic mass is 35.6. The quantitative estimate of drug-likeness (QED) is 0.0419. The van der Waals surface area contributed by atoms with E-state index in [-0.39, 0.29) is 20.4 Å². The van der Waals surface area contributed by atoms with Crippen molar-refractivity contribution in [3.63, 3.8) is 0 Å². The van der Waals surface area contributed by atoms with Gasteiger partial charge in [-0.15, -0.1) is 0 Å². The molecular formula is C25H21Cl12N7O3. The molecule has 0 saturated carbocycles. The molecule has 0 amide bonds. The van der Waals surface area contributed by atoms with E-state index >= 15 is 0 Å². The minimum absolute atomic E-state index is 0. The minimum Gasteiger partial charge on any atom is -0.481 e. The fourth-order valence-electron chi connectivity index (χ4n) is 2.99. The van der Waals surface area contributed by atoms with E-state index in [9.17, 15) is 4.79 Å². The maximum absolute atomic E-state index is 10.6. The molecule has 0 radical (unpaired) electrons. The Morgan fingerprint density at radius 3 is 1.45 bits per heavy atom. The van der Waals surface area contributed by atoms with E-state index in [2.05, 4.69) is 24.7 Å². The molecule has 5 aromatic rings.